The van der Waals surface area contributed by atoms with Gasteiger partial charge in [0.2, 0.25) is 0 Å². The molecule has 5 heteroatoms. The molecule has 1 aliphatic heterocycles. The van der Waals surface area contributed by atoms with Crippen LogP contribution in [-0.4, -0.2) is 10.8 Å². The van der Waals surface area contributed by atoms with Gasteiger partial charge in [-0.1, -0.05) is 12.1 Å². The molecule has 1 aromatic rings. The van der Waals surface area contributed by atoms with Crippen molar-refractivity contribution in [2.24, 2.45) is 10.7 Å². The SMILES string of the molecule is NC1=NCc2cccc([N+](=O)[O-])c21. The molecule has 0 atom stereocenters. The summed E-state index contributed by atoms with van der Waals surface area (Å²) in [5.41, 5.74) is 6.87. The summed E-state index contributed by atoms with van der Waals surface area (Å²) in [4.78, 5) is 14.1. The fraction of sp³-hybridized carbons (Fsp3) is 0.125. The Labute approximate surface area is 74.0 Å². The fourth-order valence-electron chi connectivity index (χ4n) is 1.42. The van der Waals surface area contributed by atoms with Gasteiger partial charge in [-0.15, -0.1) is 0 Å². The summed E-state index contributed by atoms with van der Waals surface area (Å²) >= 11 is 0. The third-order valence-electron chi connectivity index (χ3n) is 2.00. The highest BCUT2D eigenvalue weighted by Gasteiger charge is 2.23. The Morgan fingerprint density at radius 3 is 3.00 bits per heavy atom. The highest BCUT2D eigenvalue weighted by atomic mass is 16.6. The fourth-order valence-corrected chi connectivity index (χ4v) is 1.42. The Kier molecular flexibility index (Phi) is 1.51. The van der Waals surface area contributed by atoms with E-state index in [1.54, 1.807) is 12.1 Å². The lowest BCUT2D eigenvalue weighted by Crippen LogP contribution is -2.12. The van der Waals surface area contributed by atoms with Gasteiger partial charge < -0.3 is 5.73 Å². The van der Waals surface area contributed by atoms with Crippen molar-refractivity contribution in [2.75, 3.05) is 0 Å². The zero-order valence-corrected chi connectivity index (χ0v) is 6.73. The monoisotopic (exact) mass is 177 g/mol. The highest BCUT2D eigenvalue weighted by molar-refractivity contribution is 6.04. The van der Waals surface area contributed by atoms with Crippen LogP contribution in [0.1, 0.15) is 11.1 Å². The number of fused-ring (bicyclic) bond motifs is 1. The molecule has 1 heterocycles. The van der Waals surface area contributed by atoms with Gasteiger partial charge in [-0.3, -0.25) is 15.1 Å². The van der Waals surface area contributed by atoms with E-state index >= 15 is 0 Å². The van der Waals surface area contributed by atoms with Gasteiger partial charge in [0.25, 0.3) is 5.69 Å². The second kappa shape index (κ2) is 2.55. The van der Waals surface area contributed by atoms with Crippen molar-refractivity contribution in [1.29, 1.82) is 0 Å². The maximum absolute atomic E-state index is 10.6. The Bertz CT molecular complexity index is 412. The van der Waals surface area contributed by atoms with Crippen LogP contribution in [0, 0.1) is 10.1 Å². The molecule has 1 aliphatic rings. The molecular weight excluding hydrogens is 170 g/mol. The molecule has 0 unspecified atom stereocenters. The van der Waals surface area contributed by atoms with Gasteiger partial charge in [0.05, 0.1) is 17.0 Å². The highest BCUT2D eigenvalue weighted by Crippen LogP contribution is 2.26. The number of nitrogens with zero attached hydrogens (tertiary/aromatic N) is 2. The van der Waals surface area contributed by atoms with E-state index < -0.39 is 4.92 Å². The van der Waals surface area contributed by atoms with Crippen molar-refractivity contribution in [3.8, 4) is 0 Å². The number of aliphatic imine (C=N–C) groups is 1. The average Bonchev–Trinajstić information content (AvgIpc) is 2.48. The predicted molar refractivity (Wildman–Crippen MR) is 47.5 cm³/mol. The number of hydrogen-bond acceptors (Lipinski definition) is 4. The molecule has 0 saturated heterocycles. The Balaban J connectivity index is 2.66. The van der Waals surface area contributed by atoms with Gasteiger partial charge >= 0.3 is 0 Å². The smallest absolute Gasteiger partial charge is 0.280 e. The van der Waals surface area contributed by atoms with E-state index in [9.17, 15) is 10.1 Å². The average molecular weight is 177 g/mol. The summed E-state index contributed by atoms with van der Waals surface area (Å²) in [6, 6.07) is 4.88. The van der Waals surface area contributed by atoms with E-state index in [2.05, 4.69) is 4.99 Å². The van der Waals surface area contributed by atoms with Crippen molar-refractivity contribution in [2.45, 2.75) is 6.54 Å². The van der Waals surface area contributed by atoms with Gasteiger partial charge in [0.1, 0.15) is 5.84 Å². The lowest BCUT2D eigenvalue weighted by atomic mass is 10.1. The van der Waals surface area contributed by atoms with E-state index in [4.69, 9.17) is 5.73 Å². The first kappa shape index (κ1) is 7.72. The molecule has 0 amide bonds. The molecule has 0 aromatic heterocycles. The number of benzene rings is 1. The van der Waals surface area contributed by atoms with E-state index in [1.807, 2.05) is 0 Å². The van der Waals surface area contributed by atoms with Crippen LogP contribution in [0.2, 0.25) is 0 Å². The quantitative estimate of drug-likeness (QED) is 0.509. The van der Waals surface area contributed by atoms with Gasteiger partial charge in [-0.2, -0.15) is 0 Å². The summed E-state index contributed by atoms with van der Waals surface area (Å²) in [5.74, 6) is 0.266. The molecule has 5 nitrogen and oxygen atoms in total. The van der Waals surface area contributed by atoms with Crippen LogP contribution in [0.3, 0.4) is 0 Å². The van der Waals surface area contributed by atoms with Gasteiger partial charge in [-0.25, -0.2) is 0 Å². The summed E-state index contributed by atoms with van der Waals surface area (Å²) in [5, 5.41) is 10.6. The first-order valence-corrected chi connectivity index (χ1v) is 3.76. The molecule has 0 fully saturated rings. The minimum atomic E-state index is -0.438. The van der Waals surface area contributed by atoms with Crippen molar-refractivity contribution in [3.05, 3.63) is 39.4 Å². The van der Waals surface area contributed by atoms with Crippen molar-refractivity contribution in [1.82, 2.24) is 0 Å². The largest absolute Gasteiger partial charge is 0.383 e. The van der Waals surface area contributed by atoms with Gasteiger partial charge in [0, 0.05) is 6.07 Å². The second-order valence-corrected chi connectivity index (χ2v) is 2.77. The minimum Gasteiger partial charge on any atom is -0.383 e. The molecule has 0 saturated carbocycles. The zero-order chi connectivity index (χ0) is 9.42. The van der Waals surface area contributed by atoms with Crippen molar-refractivity contribution in [3.63, 3.8) is 0 Å². The topological polar surface area (TPSA) is 81.5 Å². The van der Waals surface area contributed by atoms with Crippen LogP contribution in [-0.2, 0) is 6.54 Å². The van der Waals surface area contributed by atoms with Crippen molar-refractivity contribution >= 4 is 11.5 Å². The molecule has 0 aliphatic carbocycles. The summed E-state index contributed by atoms with van der Waals surface area (Å²) < 4.78 is 0. The van der Waals surface area contributed by atoms with E-state index in [0.717, 1.165) is 5.56 Å². The predicted octanol–water partition coefficient (Wildman–Crippen LogP) is 0.814. The summed E-state index contributed by atoms with van der Waals surface area (Å²) in [6.07, 6.45) is 0. The van der Waals surface area contributed by atoms with Crippen LogP contribution in [0.15, 0.2) is 23.2 Å². The third kappa shape index (κ3) is 1.05. The minimum absolute atomic E-state index is 0.0382. The van der Waals surface area contributed by atoms with Crippen LogP contribution in [0.4, 0.5) is 5.69 Å². The van der Waals surface area contributed by atoms with E-state index in [0.29, 0.717) is 12.1 Å². The standard InChI is InChI=1S/C8H7N3O2/c9-8-7-5(4-10-8)2-1-3-6(7)11(12)13/h1-3H,4H2,(H2,9,10). The van der Waals surface area contributed by atoms with Crippen LogP contribution in [0.5, 0.6) is 0 Å². The number of nitro benzene ring substituents is 1. The van der Waals surface area contributed by atoms with Crippen LogP contribution < -0.4 is 5.73 Å². The number of amidine groups is 1. The van der Waals surface area contributed by atoms with Crippen molar-refractivity contribution < 1.29 is 4.92 Å². The lowest BCUT2D eigenvalue weighted by molar-refractivity contribution is -0.385. The van der Waals surface area contributed by atoms with Gasteiger partial charge in [-0.05, 0) is 5.56 Å². The lowest BCUT2D eigenvalue weighted by Gasteiger charge is -1.99. The third-order valence-corrected chi connectivity index (χ3v) is 2.00. The normalized spacial score (nSPS) is 13.7. The maximum Gasteiger partial charge on any atom is 0.280 e. The Hall–Kier alpha value is -1.91. The number of nitrogens with two attached hydrogens (primary N) is 1. The first-order chi connectivity index (χ1) is 6.20. The molecule has 66 valence electrons. The molecule has 0 radical (unpaired) electrons. The molecule has 0 bridgehead atoms. The molecule has 13 heavy (non-hydrogen) atoms. The molecular formula is C8H7N3O2. The zero-order valence-electron chi connectivity index (χ0n) is 6.73. The Morgan fingerprint density at radius 1 is 1.54 bits per heavy atom. The maximum atomic E-state index is 10.6. The Morgan fingerprint density at radius 2 is 2.31 bits per heavy atom. The molecule has 2 N–H and O–H groups in total. The second-order valence-electron chi connectivity index (χ2n) is 2.77. The molecule has 1 aromatic carbocycles. The molecule has 2 rings (SSSR count). The number of nitro groups is 1. The van der Waals surface area contributed by atoms with Crippen LogP contribution >= 0.6 is 0 Å². The first-order valence-electron chi connectivity index (χ1n) is 3.76. The van der Waals surface area contributed by atoms with Crippen LogP contribution in [0.25, 0.3) is 0 Å². The summed E-state index contributed by atoms with van der Waals surface area (Å²) in [7, 11) is 0. The summed E-state index contributed by atoms with van der Waals surface area (Å²) in [6.45, 7) is 0.447. The molecule has 0 spiro atoms. The number of hydrogen-bond donors (Lipinski definition) is 1. The van der Waals surface area contributed by atoms with E-state index in [-0.39, 0.29) is 11.5 Å². The number of rotatable bonds is 1. The van der Waals surface area contributed by atoms with Gasteiger partial charge in [0.15, 0.2) is 0 Å². The van der Waals surface area contributed by atoms with E-state index in [1.165, 1.54) is 6.07 Å².